The van der Waals surface area contributed by atoms with Crippen LogP contribution in [0.5, 0.6) is 0 Å². The van der Waals surface area contributed by atoms with E-state index in [-0.39, 0.29) is 23.9 Å². The molecule has 7 nitrogen and oxygen atoms in total. The molecule has 2 aromatic rings. The van der Waals surface area contributed by atoms with Crippen LogP contribution in [0.15, 0.2) is 29.2 Å². The maximum atomic E-state index is 12.4. The molecule has 0 bridgehead atoms. The number of aliphatic carboxylic acids is 1. The van der Waals surface area contributed by atoms with Crippen LogP contribution in [0.1, 0.15) is 16.8 Å². The van der Waals surface area contributed by atoms with E-state index in [1.54, 1.807) is 29.8 Å². The molecule has 0 atom stereocenters. The zero-order valence-electron chi connectivity index (χ0n) is 11.4. The summed E-state index contributed by atoms with van der Waals surface area (Å²) in [5.41, 5.74) is 6.21. The minimum Gasteiger partial charge on any atom is -0.481 e. The number of carbonyl (C=O) groups excluding carboxylic acids is 1. The summed E-state index contributed by atoms with van der Waals surface area (Å²) in [7, 11) is 1.70. The SMILES string of the molecule is Cn1cc(C(=O)NCCC(=O)O)c(=O)c2c(N)cccc21. The lowest BCUT2D eigenvalue weighted by Gasteiger charge is -2.10. The molecule has 1 heterocycles. The Bertz CT molecular complexity index is 780. The standard InChI is InChI=1S/C14H15N3O4/c1-17-7-8(14(21)16-6-5-11(18)19)13(20)12-9(15)3-2-4-10(12)17/h2-4,7H,5-6,15H2,1H3,(H,16,21)(H,18,19). The van der Waals surface area contributed by atoms with Crippen molar-refractivity contribution >= 4 is 28.5 Å². The number of aryl methyl sites for hydroxylation is 1. The van der Waals surface area contributed by atoms with Gasteiger partial charge in [-0.15, -0.1) is 0 Å². The fraction of sp³-hybridized carbons (Fsp3) is 0.214. The van der Waals surface area contributed by atoms with Gasteiger partial charge in [-0.3, -0.25) is 14.4 Å². The molecule has 0 radical (unpaired) electrons. The van der Waals surface area contributed by atoms with Crippen molar-refractivity contribution in [3.8, 4) is 0 Å². The smallest absolute Gasteiger partial charge is 0.305 e. The van der Waals surface area contributed by atoms with E-state index in [4.69, 9.17) is 10.8 Å². The predicted octanol–water partition coefficient (Wildman–Crippen LogP) is 0.325. The molecule has 21 heavy (non-hydrogen) atoms. The van der Waals surface area contributed by atoms with Crippen molar-refractivity contribution in [1.82, 2.24) is 9.88 Å². The van der Waals surface area contributed by atoms with Crippen molar-refractivity contribution in [3.63, 3.8) is 0 Å². The molecule has 0 aliphatic rings. The lowest BCUT2D eigenvalue weighted by molar-refractivity contribution is -0.136. The number of nitrogens with one attached hydrogen (secondary N) is 1. The lowest BCUT2D eigenvalue weighted by Crippen LogP contribution is -2.31. The molecular weight excluding hydrogens is 274 g/mol. The number of rotatable bonds is 4. The number of nitrogen functional groups attached to an aromatic ring is 1. The number of carboxylic acid groups (broad SMARTS) is 1. The second-order valence-electron chi connectivity index (χ2n) is 4.62. The van der Waals surface area contributed by atoms with Gasteiger partial charge in [-0.1, -0.05) is 6.07 Å². The Morgan fingerprint density at radius 3 is 2.76 bits per heavy atom. The molecule has 110 valence electrons. The minimum atomic E-state index is -1.02. The molecular formula is C14H15N3O4. The number of amides is 1. The number of pyridine rings is 1. The topological polar surface area (TPSA) is 114 Å². The summed E-state index contributed by atoms with van der Waals surface area (Å²) in [5.74, 6) is -1.63. The van der Waals surface area contributed by atoms with Crippen LogP contribution in [-0.2, 0) is 11.8 Å². The van der Waals surface area contributed by atoms with Gasteiger partial charge in [-0.25, -0.2) is 0 Å². The quantitative estimate of drug-likeness (QED) is 0.701. The average Bonchev–Trinajstić information content (AvgIpc) is 2.42. The molecule has 1 aromatic heterocycles. The first-order chi connectivity index (χ1) is 9.91. The summed E-state index contributed by atoms with van der Waals surface area (Å²) in [6.07, 6.45) is 1.21. The van der Waals surface area contributed by atoms with Gasteiger partial charge in [-0.2, -0.15) is 0 Å². The van der Waals surface area contributed by atoms with Crippen molar-refractivity contribution in [3.05, 3.63) is 40.2 Å². The largest absolute Gasteiger partial charge is 0.481 e. The highest BCUT2D eigenvalue weighted by Crippen LogP contribution is 2.17. The molecule has 0 saturated heterocycles. The Hall–Kier alpha value is -2.83. The van der Waals surface area contributed by atoms with Crippen LogP contribution < -0.4 is 16.5 Å². The average molecular weight is 289 g/mol. The Labute approximate surface area is 120 Å². The second kappa shape index (κ2) is 5.66. The number of hydrogen-bond donors (Lipinski definition) is 3. The highest BCUT2D eigenvalue weighted by Gasteiger charge is 2.15. The van der Waals surface area contributed by atoms with E-state index in [1.807, 2.05) is 0 Å². The molecule has 0 spiro atoms. The Morgan fingerprint density at radius 1 is 1.38 bits per heavy atom. The van der Waals surface area contributed by atoms with Crippen LogP contribution in [0.3, 0.4) is 0 Å². The second-order valence-corrected chi connectivity index (χ2v) is 4.62. The zero-order chi connectivity index (χ0) is 15.6. The Kier molecular flexibility index (Phi) is 3.93. The highest BCUT2D eigenvalue weighted by molar-refractivity contribution is 6.00. The predicted molar refractivity (Wildman–Crippen MR) is 78.2 cm³/mol. The highest BCUT2D eigenvalue weighted by atomic mass is 16.4. The van der Waals surface area contributed by atoms with Crippen LogP contribution in [0.25, 0.3) is 10.9 Å². The van der Waals surface area contributed by atoms with Gasteiger partial charge in [0.2, 0.25) is 5.43 Å². The number of hydrogen-bond acceptors (Lipinski definition) is 4. The van der Waals surface area contributed by atoms with E-state index < -0.39 is 17.3 Å². The van der Waals surface area contributed by atoms with Gasteiger partial charge in [0.05, 0.1) is 17.3 Å². The number of carboxylic acids is 1. The number of aromatic nitrogens is 1. The first-order valence-electron chi connectivity index (χ1n) is 6.29. The van der Waals surface area contributed by atoms with Crippen molar-refractivity contribution < 1.29 is 14.7 Å². The van der Waals surface area contributed by atoms with E-state index in [9.17, 15) is 14.4 Å². The number of benzene rings is 1. The van der Waals surface area contributed by atoms with Gasteiger partial charge >= 0.3 is 5.97 Å². The van der Waals surface area contributed by atoms with E-state index in [2.05, 4.69) is 5.32 Å². The van der Waals surface area contributed by atoms with Gasteiger partial charge in [0, 0.05) is 25.5 Å². The van der Waals surface area contributed by atoms with Crippen molar-refractivity contribution in [1.29, 1.82) is 0 Å². The number of nitrogens with two attached hydrogens (primary N) is 1. The number of anilines is 1. The maximum absolute atomic E-state index is 12.4. The fourth-order valence-corrected chi connectivity index (χ4v) is 2.10. The molecule has 4 N–H and O–H groups in total. The molecule has 0 unspecified atom stereocenters. The van der Waals surface area contributed by atoms with Gasteiger partial charge in [0.15, 0.2) is 0 Å². The normalized spacial score (nSPS) is 10.5. The number of carbonyl (C=O) groups is 2. The molecule has 7 heteroatoms. The van der Waals surface area contributed by atoms with E-state index in [0.717, 1.165) is 0 Å². The lowest BCUT2D eigenvalue weighted by atomic mass is 10.1. The summed E-state index contributed by atoms with van der Waals surface area (Å²) in [5, 5.41) is 11.2. The van der Waals surface area contributed by atoms with Crippen molar-refractivity contribution in [2.24, 2.45) is 7.05 Å². The van der Waals surface area contributed by atoms with Crippen molar-refractivity contribution in [2.45, 2.75) is 6.42 Å². The minimum absolute atomic E-state index is 0.0420. The van der Waals surface area contributed by atoms with Gasteiger partial charge < -0.3 is 20.7 Å². The third-order valence-electron chi connectivity index (χ3n) is 3.12. The molecule has 0 saturated carbocycles. The van der Waals surface area contributed by atoms with Gasteiger partial charge in [0.25, 0.3) is 5.91 Å². The van der Waals surface area contributed by atoms with Gasteiger partial charge in [-0.05, 0) is 12.1 Å². The van der Waals surface area contributed by atoms with Crippen molar-refractivity contribution in [2.75, 3.05) is 12.3 Å². The van der Waals surface area contributed by atoms with E-state index in [1.165, 1.54) is 6.20 Å². The van der Waals surface area contributed by atoms with Crippen LogP contribution >= 0.6 is 0 Å². The number of fused-ring (bicyclic) bond motifs is 1. The molecule has 1 aromatic carbocycles. The summed E-state index contributed by atoms with van der Waals surface area (Å²) in [4.78, 5) is 34.8. The molecule has 1 amide bonds. The van der Waals surface area contributed by atoms with Crippen LogP contribution in [0.2, 0.25) is 0 Å². The van der Waals surface area contributed by atoms with Gasteiger partial charge in [0.1, 0.15) is 5.56 Å². The molecule has 0 fully saturated rings. The van der Waals surface area contributed by atoms with Crippen LogP contribution in [0, 0.1) is 0 Å². The molecule has 2 rings (SSSR count). The summed E-state index contributed by atoms with van der Waals surface area (Å²) in [6, 6.07) is 5.05. The zero-order valence-corrected chi connectivity index (χ0v) is 11.4. The summed E-state index contributed by atoms with van der Waals surface area (Å²) >= 11 is 0. The summed E-state index contributed by atoms with van der Waals surface area (Å²) < 4.78 is 1.64. The third-order valence-corrected chi connectivity index (χ3v) is 3.12. The third kappa shape index (κ3) is 2.86. The number of nitrogens with zero attached hydrogens (tertiary/aromatic N) is 1. The van der Waals surface area contributed by atoms with Crippen LogP contribution in [-0.4, -0.2) is 28.1 Å². The first kappa shape index (κ1) is 14.6. The molecule has 0 aliphatic heterocycles. The summed E-state index contributed by atoms with van der Waals surface area (Å²) in [6.45, 7) is -0.0420. The maximum Gasteiger partial charge on any atom is 0.305 e. The fourth-order valence-electron chi connectivity index (χ4n) is 2.10. The van der Waals surface area contributed by atoms with Crippen LogP contribution in [0.4, 0.5) is 5.69 Å². The molecule has 0 aliphatic carbocycles. The monoisotopic (exact) mass is 289 g/mol. The van der Waals surface area contributed by atoms with E-state index >= 15 is 0 Å². The Morgan fingerprint density at radius 2 is 2.10 bits per heavy atom. The van der Waals surface area contributed by atoms with E-state index in [0.29, 0.717) is 11.2 Å². The first-order valence-corrected chi connectivity index (χ1v) is 6.29. The Balaban J connectivity index is 2.44.